The van der Waals surface area contributed by atoms with E-state index in [2.05, 4.69) is 10.3 Å². The van der Waals surface area contributed by atoms with Crippen LogP contribution < -0.4 is 5.32 Å². The molecule has 1 aromatic heterocycles. The molecule has 1 aromatic rings. The Morgan fingerprint density at radius 3 is 2.42 bits per heavy atom. The molecule has 0 bridgehead atoms. The van der Waals surface area contributed by atoms with Gasteiger partial charge in [-0.1, -0.05) is 0 Å². The molecule has 0 spiro atoms. The van der Waals surface area contributed by atoms with Crippen molar-refractivity contribution in [3.63, 3.8) is 0 Å². The zero-order valence-electron chi connectivity index (χ0n) is 11.8. The summed E-state index contributed by atoms with van der Waals surface area (Å²) >= 11 is 0. The lowest BCUT2D eigenvalue weighted by atomic mass is 10.1. The highest BCUT2D eigenvalue weighted by molar-refractivity contribution is 5.85. The van der Waals surface area contributed by atoms with Crippen LogP contribution in [0.15, 0.2) is 24.5 Å². The molecule has 0 aromatic carbocycles. The van der Waals surface area contributed by atoms with E-state index in [1.165, 1.54) is 0 Å². The predicted molar refractivity (Wildman–Crippen MR) is 71.4 cm³/mol. The van der Waals surface area contributed by atoms with E-state index >= 15 is 0 Å². The van der Waals surface area contributed by atoms with Crippen molar-refractivity contribution in [3.05, 3.63) is 30.1 Å². The average Bonchev–Trinajstić information content (AvgIpc) is 2.27. The SMILES string of the molecule is C[C@H](NC(=O)Cc1ccncc1)C(=O)OC(C)(C)C. The van der Waals surface area contributed by atoms with Crippen molar-refractivity contribution in [2.75, 3.05) is 0 Å². The summed E-state index contributed by atoms with van der Waals surface area (Å²) in [6.07, 6.45) is 3.47. The minimum Gasteiger partial charge on any atom is -0.458 e. The molecular formula is C14H20N2O3. The van der Waals surface area contributed by atoms with Crippen LogP contribution in [0.1, 0.15) is 33.3 Å². The fourth-order valence-corrected chi connectivity index (χ4v) is 1.43. The molecule has 1 rings (SSSR count). The summed E-state index contributed by atoms with van der Waals surface area (Å²) in [5, 5.41) is 2.62. The minimum absolute atomic E-state index is 0.218. The maximum absolute atomic E-state index is 11.8. The lowest BCUT2D eigenvalue weighted by molar-refractivity contribution is -0.158. The highest BCUT2D eigenvalue weighted by Gasteiger charge is 2.22. The lowest BCUT2D eigenvalue weighted by Gasteiger charge is -2.22. The van der Waals surface area contributed by atoms with Gasteiger partial charge in [-0.25, -0.2) is 4.79 Å². The molecule has 0 saturated heterocycles. The summed E-state index contributed by atoms with van der Waals surface area (Å²) in [6.45, 7) is 6.97. The summed E-state index contributed by atoms with van der Waals surface area (Å²) < 4.78 is 5.19. The Bertz CT molecular complexity index is 438. The van der Waals surface area contributed by atoms with Gasteiger partial charge < -0.3 is 10.1 Å². The highest BCUT2D eigenvalue weighted by atomic mass is 16.6. The maximum atomic E-state index is 11.8. The van der Waals surface area contributed by atoms with Crippen molar-refractivity contribution in [1.82, 2.24) is 10.3 Å². The molecule has 5 nitrogen and oxygen atoms in total. The summed E-state index contributed by atoms with van der Waals surface area (Å²) in [4.78, 5) is 27.3. The van der Waals surface area contributed by atoms with Crippen molar-refractivity contribution >= 4 is 11.9 Å². The molecule has 0 aliphatic rings. The quantitative estimate of drug-likeness (QED) is 0.836. The molecule has 0 fully saturated rings. The van der Waals surface area contributed by atoms with Crippen LogP contribution in [-0.4, -0.2) is 28.5 Å². The first-order valence-electron chi connectivity index (χ1n) is 6.19. The Balaban J connectivity index is 2.46. The first kappa shape index (κ1) is 15.1. The Morgan fingerprint density at radius 1 is 1.32 bits per heavy atom. The third-order valence-electron chi connectivity index (χ3n) is 2.25. The van der Waals surface area contributed by atoms with Crippen LogP contribution in [0.4, 0.5) is 0 Å². The van der Waals surface area contributed by atoms with E-state index in [1.54, 1.807) is 52.2 Å². The van der Waals surface area contributed by atoms with Crippen LogP contribution in [0, 0.1) is 0 Å². The maximum Gasteiger partial charge on any atom is 0.328 e. The zero-order chi connectivity index (χ0) is 14.5. The number of nitrogens with one attached hydrogen (secondary N) is 1. The van der Waals surface area contributed by atoms with Crippen LogP contribution in [0.3, 0.4) is 0 Å². The number of pyridine rings is 1. The Kier molecular flexibility index (Phi) is 5.03. The molecule has 0 unspecified atom stereocenters. The molecule has 1 N–H and O–H groups in total. The van der Waals surface area contributed by atoms with E-state index in [4.69, 9.17) is 4.74 Å². The van der Waals surface area contributed by atoms with Gasteiger partial charge in [0.15, 0.2) is 0 Å². The van der Waals surface area contributed by atoms with Crippen molar-refractivity contribution in [2.45, 2.75) is 45.8 Å². The number of carbonyl (C=O) groups excluding carboxylic acids is 2. The van der Waals surface area contributed by atoms with E-state index in [0.717, 1.165) is 5.56 Å². The van der Waals surface area contributed by atoms with Gasteiger partial charge >= 0.3 is 5.97 Å². The van der Waals surface area contributed by atoms with E-state index in [-0.39, 0.29) is 12.3 Å². The molecule has 104 valence electrons. The Morgan fingerprint density at radius 2 is 1.89 bits per heavy atom. The fraction of sp³-hybridized carbons (Fsp3) is 0.500. The number of rotatable bonds is 4. The number of aromatic nitrogens is 1. The minimum atomic E-state index is -0.659. The predicted octanol–water partition coefficient (Wildman–Crippen LogP) is 1.47. The second-order valence-corrected chi connectivity index (χ2v) is 5.35. The molecule has 19 heavy (non-hydrogen) atoms. The van der Waals surface area contributed by atoms with Gasteiger partial charge in [-0.15, -0.1) is 0 Å². The fourth-order valence-electron chi connectivity index (χ4n) is 1.43. The summed E-state index contributed by atoms with van der Waals surface area (Å²) in [6, 6.07) is 2.86. The van der Waals surface area contributed by atoms with E-state index in [1.807, 2.05) is 0 Å². The van der Waals surface area contributed by atoms with Crippen molar-refractivity contribution in [1.29, 1.82) is 0 Å². The van der Waals surface area contributed by atoms with E-state index in [9.17, 15) is 9.59 Å². The number of nitrogens with zero attached hydrogens (tertiary/aromatic N) is 1. The molecule has 5 heteroatoms. The van der Waals surface area contributed by atoms with Crippen molar-refractivity contribution < 1.29 is 14.3 Å². The van der Waals surface area contributed by atoms with Crippen LogP contribution in [0.25, 0.3) is 0 Å². The average molecular weight is 264 g/mol. The first-order chi connectivity index (χ1) is 8.78. The molecule has 0 saturated carbocycles. The smallest absolute Gasteiger partial charge is 0.328 e. The topological polar surface area (TPSA) is 68.3 Å². The van der Waals surface area contributed by atoms with Crippen LogP contribution in [0.2, 0.25) is 0 Å². The molecule has 1 amide bonds. The summed E-state index contributed by atoms with van der Waals surface area (Å²) in [5.74, 6) is -0.653. The largest absolute Gasteiger partial charge is 0.458 e. The monoisotopic (exact) mass is 264 g/mol. The Hall–Kier alpha value is -1.91. The van der Waals surface area contributed by atoms with Gasteiger partial charge in [-0.3, -0.25) is 9.78 Å². The molecule has 0 aliphatic carbocycles. The van der Waals surface area contributed by atoms with Gasteiger partial charge in [0.2, 0.25) is 5.91 Å². The normalized spacial score (nSPS) is 12.6. The second kappa shape index (κ2) is 6.31. The lowest BCUT2D eigenvalue weighted by Crippen LogP contribution is -2.42. The van der Waals surface area contributed by atoms with Gasteiger partial charge in [0, 0.05) is 12.4 Å². The van der Waals surface area contributed by atoms with Gasteiger partial charge in [0.05, 0.1) is 6.42 Å². The molecule has 0 radical (unpaired) electrons. The number of hydrogen-bond acceptors (Lipinski definition) is 4. The third kappa shape index (κ3) is 5.99. The summed E-state index contributed by atoms with van der Waals surface area (Å²) in [5.41, 5.74) is 0.296. The number of ether oxygens (including phenoxy) is 1. The standard InChI is InChI=1S/C14H20N2O3/c1-10(13(18)19-14(2,3)4)16-12(17)9-11-5-7-15-8-6-11/h5-8,10H,9H2,1-4H3,(H,16,17)/t10-/m0/s1. The molecule has 1 atom stereocenters. The third-order valence-corrected chi connectivity index (χ3v) is 2.25. The van der Waals surface area contributed by atoms with Crippen LogP contribution in [-0.2, 0) is 20.7 Å². The highest BCUT2D eigenvalue weighted by Crippen LogP contribution is 2.08. The number of carbonyl (C=O) groups is 2. The first-order valence-corrected chi connectivity index (χ1v) is 6.19. The molecular weight excluding hydrogens is 244 g/mol. The van der Waals surface area contributed by atoms with Crippen LogP contribution >= 0.6 is 0 Å². The number of amides is 1. The van der Waals surface area contributed by atoms with E-state index < -0.39 is 17.6 Å². The number of hydrogen-bond donors (Lipinski definition) is 1. The molecule has 1 heterocycles. The second-order valence-electron chi connectivity index (χ2n) is 5.35. The summed E-state index contributed by atoms with van der Waals surface area (Å²) in [7, 11) is 0. The van der Waals surface area contributed by atoms with Gasteiger partial charge in [0.25, 0.3) is 0 Å². The van der Waals surface area contributed by atoms with Gasteiger partial charge in [0.1, 0.15) is 11.6 Å². The van der Waals surface area contributed by atoms with Crippen molar-refractivity contribution in [2.24, 2.45) is 0 Å². The molecule has 0 aliphatic heterocycles. The Labute approximate surface area is 113 Å². The van der Waals surface area contributed by atoms with Gasteiger partial charge in [-0.2, -0.15) is 0 Å². The van der Waals surface area contributed by atoms with Crippen molar-refractivity contribution in [3.8, 4) is 0 Å². The van der Waals surface area contributed by atoms with Crippen LogP contribution in [0.5, 0.6) is 0 Å². The van der Waals surface area contributed by atoms with Gasteiger partial charge in [-0.05, 0) is 45.4 Å². The van der Waals surface area contributed by atoms with E-state index in [0.29, 0.717) is 0 Å². The number of esters is 1. The zero-order valence-corrected chi connectivity index (χ0v) is 11.8.